The fraction of sp³-hybridized carbons (Fsp3) is 0.417. The van der Waals surface area contributed by atoms with Crippen LogP contribution in [0, 0.1) is 0 Å². The van der Waals surface area contributed by atoms with Crippen molar-refractivity contribution in [2.75, 3.05) is 5.75 Å². The molecule has 0 radical (unpaired) electrons. The van der Waals surface area contributed by atoms with E-state index < -0.39 is 16.0 Å². The summed E-state index contributed by atoms with van der Waals surface area (Å²) in [6.07, 6.45) is 0.504. The van der Waals surface area contributed by atoms with Crippen LogP contribution in [0.5, 0.6) is 0 Å². The van der Waals surface area contributed by atoms with Gasteiger partial charge in [0, 0.05) is 6.54 Å². The smallest absolute Gasteiger partial charge is 0.307 e. The van der Waals surface area contributed by atoms with Gasteiger partial charge in [-0.15, -0.1) is 0 Å². The van der Waals surface area contributed by atoms with E-state index in [1.165, 1.54) is 0 Å². The average molecular weight is 271 g/mol. The molecule has 0 amide bonds. The molecule has 5 nitrogen and oxygen atoms in total. The third kappa shape index (κ3) is 5.29. The summed E-state index contributed by atoms with van der Waals surface area (Å²) in [5, 5.41) is 8.68. The molecule has 1 rings (SSSR count). The zero-order valence-electron chi connectivity index (χ0n) is 10.2. The van der Waals surface area contributed by atoms with Gasteiger partial charge in [-0.3, -0.25) is 4.79 Å². The number of rotatable bonds is 7. The van der Waals surface area contributed by atoms with Gasteiger partial charge in [-0.25, -0.2) is 13.1 Å². The zero-order chi connectivity index (χ0) is 13.6. The van der Waals surface area contributed by atoms with Crippen molar-refractivity contribution < 1.29 is 18.3 Å². The molecule has 0 aromatic heterocycles. The van der Waals surface area contributed by atoms with Crippen molar-refractivity contribution in [3.63, 3.8) is 0 Å². The van der Waals surface area contributed by atoms with Crippen molar-refractivity contribution in [2.45, 2.75) is 26.3 Å². The number of hydrogen-bond donors (Lipinski definition) is 2. The van der Waals surface area contributed by atoms with E-state index in [0.717, 1.165) is 5.56 Å². The molecule has 0 saturated carbocycles. The Balaban J connectivity index is 2.65. The molecular weight excluding hydrogens is 254 g/mol. The van der Waals surface area contributed by atoms with Crippen LogP contribution >= 0.6 is 0 Å². The van der Waals surface area contributed by atoms with Gasteiger partial charge >= 0.3 is 5.97 Å². The van der Waals surface area contributed by atoms with E-state index in [2.05, 4.69) is 4.72 Å². The number of carboxylic acid groups (broad SMARTS) is 1. The van der Waals surface area contributed by atoms with Gasteiger partial charge in [0.25, 0.3) is 0 Å². The van der Waals surface area contributed by atoms with Crippen LogP contribution in [0.2, 0.25) is 0 Å². The highest BCUT2D eigenvalue weighted by atomic mass is 32.2. The highest BCUT2D eigenvalue weighted by Crippen LogP contribution is 2.06. The van der Waals surface area contributed by atoms with Gasteiger partial charge in [-0.05, 0) is 17.5 Å². The number of benzene rings is 1. The van der Waals surface area contributed by atoms with E-state index in [-0.39, 0.29) is 18.7 Å². The van der Waals surface area contributed by atoms with Crippen molar-refractivity contribution in [3.8, 4) is 0 Å². The lowest BCUT2D eigenvalue weighted by Crippen LogP contribution is -2.25. The zero-order valence-corrected chi connectivity index (χ0v) is 11.0. The first kappa shape index (κ1) is 14.7. The third-order valence-electron chi connectivity index (χ3n) is 2.32. The van der Waals surface area contributed by atoms with Crippen LogP contribution in [-0.4, -0.2) is 25.2 Å². The van der Waals surface area contributed by atoms with Crippen LogP contribution in [0.3, 0.4) is 0 Å². The van der Waals surface area contributed by atoms with Crippen molar-refractivity contribution in [1.29, 1.82) is 0 Å². The fourth-order valence-corrected chi connectivity index (χ4v) is 2.63. The molecule has 0 unspecified atom stereocenters. The maximum atomic E-state index is 11.5. The molecule has 0 aliphatic carbocycles. The third-order valence-corrected chi connectivity index (χ3v) is 3.85. The second-order valence-electron chi connectivity index (χ2n) is 4.03. The van der Waals surface area contributed by atoms with Gasteiger partial charge in [-0.1, -0.05) is 31.2 Å². The van der Waals surface area contributed by atoms with Crippen LogP contribution in [0.25, 0.3) is 0 Å². The summed E-state index contributed by atoms with van der Waals surface area (Å²) < 4.78 is 25.4. The van der Waals surface area contributed by atoms with Gasteiger partial charge in [0.05, 0.1) is 12.2 Å². The predicted octanol–water partition coefficient (Wildman–Crippen LogP) is 1.14. The fourth-order valence-electron chi connectivity index (χ4n) is 1.56. The highest BCUT2D eigenvalue weighted by molar-refractivity contribution is 7.89. The van der Waals surface area contributed by atoms with E-state index in [1.807, 2.05) is 0 Å². The van der Waals surface area contributed by atoms with Crippen molar-refractivity contribution >= 4 is 16.0 Å². The number of aliphatic carboxylic acids is 1. The molecule has 0 aliphatic rings. The number of carbonyl (C=O) groups is 1. The van der Waals surface area contributed by atoms with Gasteiger partial charge in [-0.2, -0.15) is 0 Å². The molecular formula is C12H17NO4S. The Kier molecular flexibility index (Phi) is 5.30. The first-order valence-corrected chi connectivity index (χ1v) is 7.35. The van der Waals surface area contributed by atoms with Crippen LogP contribution in [-0.2, 0) is 27.8 Å². The molecule has 1 aromatic rings. The van der Waals surface area contributed by atoms with Crippen molar-refractivity contribution in [1.82, 2.24) is 4.72 Å². The standard InChI is InChI=1S/C12H17NO4S/c1-2-6-18(16,17)13-9-11-5-3-4-10(7-11)8-12(14)15/h3-5,7,13H,2,6,8-9H2,1H3,(H,14,15). The van der Waals surface area contributed by atoms with Crippen LogP contribution in [0.15, 0.2) is 24.3 Å². The minimum absolute atomic E-state index is 0.0600. The Labute approximate surface area is 107 Å². The van der Waals surface area contributed by atoms with Crippen molar-refractivity contribution in [3.05, 3.63) is 35.4 Å². The van der Waals surface area contributed by atoms with Gasteiger partial charge in [0.1, 0.15) is 0 Å². The predicted molar refractivity (Wildman–Crippen MR) is 68.7 cm³/mol. The molecule has 18 heavy (non-hydrogen) atoms. The Bertz CT molecular complexity index is 511. The van der Waals surface area contributed by atoms with Gasteiger partial charge in [0.2, 0.25) is 10.0 Å². The first-order valence-electron chi connectivity index (χ1n) is 5.70. The first-order chi connectivity index (χ1) is 8.43. The summed E-state index contributed by atoms with van der Waals surface area (Å²) in [4.78, 5) is 10.6. The van der Waals surface area contributed by atoms with E-state index >= 15 is 0 Å². The summed E-state index contributed by atoms with van der Waals surface area (Å²) >= 11 is 0. The summed E-state index contributed by atoms with van der Waals surface area (Å²) in [7, 11) is -3.23. The van der Waals surface area contributed by atoms with E-state index in [1.54, 1.807) is 31.2 Å². The largest absolute Gasteiger partial charge is 0.481 e. The molecule has 0 saturated heterocycles. The maximum absolute atomic E-state index is 11.5. The summed E-state index contributed by atoms with van der Waals surface area (Å²) in [6.45, 7) is 1.99. The molecule has 0 spiro atoms. The highest BCUT2D eigenvalue weighted by Gasteiger charge is 2.08. The molecule has 1 aromatic carbocycles. The van der Waals surface area contributed by atoms with Crippen LogP contribution < -0.4 is 4.72 Å². The molecule has 100 valence electrons. The van der Waals surface area contributed by atoms with Gasteiger partial charge in [0.15, 0.2) is 0 Å². The Morgan fingerprint density at radius 2 is 2.00 bits per heavy atom. The van der Waals surface area contributed by atoms with Crippen LogP contribution in [0.4, 0.5) is 0 Å². The molecule has 0 bridgehead atoms. The summed E-state index contributed by atoms with van der Waals surface area (Å²) in [6, 6.07) is 6.89. The van der Waals surface area contributed by atoms with E-state index in [0.29, 0.717) is 12.0 Å². The topological polar surface area (TPSA) is 83.5 Å². The number of hydrogen-bond acceptors (Lipinski definition) is 3. The lowest BCUT2D eigenvalue weighted by molar-refractivity contribution is -0.136. The Morgan fingerprint density at radius 1 is 1.33 bits per heavy atom. The monoisotopic (exact) mass is 271 g/mol. The van der Waals surface area contributed by atoms with E-state index in [4.69, 9.17) is 5.11 Å². The molecule has 2 N–H and O–H groups in total. The van der Waals surface area contributed by atoms with E-state index in [9.17, 15) is 13.2 Å². The molecule has 0 aliphatic heterocycles. The number of nitrogens with one attached hydrogen (secondary N) is 1. The molecule has 0 atom stereocenters. The normalized spacial score (nSPS) is 11.4. The Morgan fingerprint density at radius 3 is 2.61 bits per heavy atom. The molecule has 0 fully saturated rings. The summed E-state index contributed by atoms with van der Waals surface area (Å²) in [5.74, 6) is -0.805. The lowest BCUT2D eigenvalue weighted by atomic mass is 10.1. The van der Waals surface area contributed by atoms with Crippen LogP contribution in [0.1, 0.15) is 24.5 Å². The second-order valence-corrected chi connectivity index (χ2v) is 5.96. The second kappa shape index (κ2) is 6.51. The maximum Gasteiger partial charge on any atom is 0.307 e. The molecule has 0 heterocycles. The Hall–Kier alpha value is -1.40. The number of carboxylic acids is 1. The number of sulfonamides is 1. The lowest BCUT2D eigenvalue weighted by Gasteiger charge is -2.06. The average Bonchev–Trinajstić information content (AvgIpc) is 2.26. The minimum Gasteiger partial charge on any atom is -0.481 e. The quantitative estimate of drug-likeness (QED) is 0.779. The van der Waals surface area contributed by atoms with Gasteiger partial charge < -0.3 is 5.11 Å². The molecule has 6 heteroatoms. The SMILES string of the molecule is CCCS(=O)(=O)NCc1cccc(CC(=O)O)c1. The van der Waals surface area contributed by atoms with Crippen molar-refractivity contribution in [2.24, 2.45) is 0 Å². The minimum atomic E-state index is -3.23. The summed E-state index contributed by atoms with van der Waals surface area (Å²) in [5.41, 5.74) is 1.42.